The lowest BCUT2D eigenvalue weighted by Crippen LogP contribution is -2.29. The van der Waals surface area contributed by atoms with Crippen molar-refractivity contribution in [3.8, 4) is 0 Å². The van der Waals surface area contributed by atoms with Gasteiger partial charge in [0, 0.05) is 17.7 Å². The highest BCUT2D eigenvalue weighted by molar-refractivity contribution is 5.99. The largest absolute Gasteiger partial charge is 0.465 e. The first-order valence-electron chi connectivity index (χ1n) is 9.19. The molecule has 0 bridgehead atoms. The molecule has 1 N–H and O–H groups in total. The van der Waals surface area contributed by atoms with Gasteiger partial charge in [0.1, 0.15) is 0 Å². The van der Waals surface area contributed by atoms with E-state index >= 15 is 0 Å². The van der Waals surface area contributed by atoms with Crippen molar-refractivity contribution in [1.29, 1.82) is 0 Å². The molecule has 1 unspecified atom stereocenters. The van der Waals surface area contributed by atoms with Crippen LogP contribution < -0.4 is 5.32 Å². The van der Waals surface area contributed by atoms with Gasteiger partial charge in [0.2, 0.25) is 0 Å². The van der Waals surface area contributed by atoms with Gasteiger partial charge in [0.25, 0.3) is 11.6 Å². The van der Waals surface area contributed by atoms with Crippen LogP contribution in [0.4, 0.5) is 5.69 Å². The van der Waals surface area contributed by atoms with Crippen molar-refractivity contribution < 1.29 is 19.2 Å². The Balaban J connectivity index is 2.00. The highest BCUT2D eigenvalue weighted by atomic mass is 16.6. The van der Waals surface area contributed by atoms with E-state index in [0.29, 0.717) is 0 Å². The van der Waals surface area contributed by atoms with Gasteiger partial charge in [-0.05, 0) is 24.1 Å². The Morgan fingerprint density at radius 3 is 2.13 bits per heavy atom. The number of ether oxygens (including phenoxy) is 1. The zero-order valence-corrected chi connectivity index (χ0v) is 16.5. The summed E-state index contributed by atoms with van der Waals surface area (Å²) in [6.45, 7) is 1.97. The summed E-state index contributed by atoms with van der Waals surface area (Å²) < 4.78 is 4.64. The molecule has 7 nitrogen and oxygen atoms in total. The summed E-state index contributed by atoms with van der Waals surface area (Å²) in [6.07, 6.45) is 0. The van der Waals surface area contributed by atoms with Crippen LogP contribution in [-0.4, -0.2) is 23.9 Å². The molecule has 30 heavy (non-hydrogen) atoms. The molecule has 3 aromatic rings. The Morgan fingerprint density at radius 1 is 0.933 bits per heavy atom. The predicted octanol–water partition coefficient (Wildman–Crippen LogP) is 4.21. The van der Waals surface area contributed by atoms with E-state index in [0.717, 1.165) is 28.8 Å². The fourth-order valence-corrected chi connectivity index (χ4v) is 3.06. The van der Waals surface area contributed by atoms with Gasteiger partial charge in [-0.2, -0.15) is 0 Å². The number of nitrogens with zero attached hydrogens (tertiary/aromatic N) is 1. The zero-order valence-electron chi connectivity index (χ0n) is 16.5. The first-order chi connectivity index (χ1) is 14.4. The van der Waals surface area contributed by atoms with Crippen molar-refractivity contribution >= 4 is 17.6 Å². The maximum absolute atomic E-state index is 13.0. The standard InChI is InChI=1S/C23H20N2O5/c1-15-8-10-17(11-9-15)21(16-6-4-3-5-7-16)24-22(26)18-12-19(23(27)30-2)14-20(13-18)25(28)29/h3-14,21H,1-2H3,(H,24,26). The van der Waals surface area contributed by atoms with E-state index in [4.69, 9.17) is 0 Å². The molecule has 1 atom stereocenters. The number of nitro groups is 1. The monoisotopic (exact) mass is 404 g/mol. The second-order valence-electron chi connectivity index (χ2n) is 6.75. The molecule has 0 saturated heterocycles. The van der Waals surface area contributed by atoms with Gasteiger partial charge in [0.05, 0.1) is 23.6 Å². The molecule has 0 aliphatic heterocycles. The fraction of sp³-hybridized carbons (Fsp3) is 0.130. The van der Waals surface area contributed by atoms with Crippen molar-refractivity contribution in [3.63, 3.8) is 0 Å². The SMILES string of the molecule is COC(=O)c1cc(C(=O)NC(c2ccccc2)c2ccc(C)cc2)cc([N+](=O)[O-])c1. The average Bonchev–Trinajstić information content (AvgIpc) is 2.77. The quantitative estimate of drug-likeness (QED) is 0.377. The minimum absolute atomic E-state index is 0.00218. The number of carbonyl (C=O) groups excluding carboxylic acids is 2. The molecular weight excluding hydrogens is 384 g/mol. The van der Waals surface area contributed by atoms with Crippen molar-refractivity contribution in [3.05, 3.63) is 111 Å². The van der Waals surface area contributed by atoms with Gasteiger partial charge >= 0.3 is 5.97 Å². The molecule has 0 aromatic heterocycles. The molecule has 1 amide bonds. The van der Waals surface area contributed by atoms with Crippen LogP contribution in [0, 0.1) is 17.0 Å². The maximum Gasteiger partial charge on any atom is 0.338 e. The third-order valence-electron chi connectivity index (χ3n) is 4.63. The topological polar surface area (TPSA) is 98.5 Å². The third kappa shape index (κ3) is 4.70. The number of rotatable bonds is 6. The lowest BCUT2D eigenvalue weighted by molar-refractivity contribution is -0.384. The number of hydrogen-bond donors (Lipinski definition) is 1. The van der Waals surface area contributed by atoms with E-state index in [-0.39, 0.29) is 16.8 Å². The number of hydrogen-bond acceptors (Lipinski definition) is 5. The van der Waals surface area contributed by atoms with E-state index in [1.165, 1.54) is 13.2 Å². The van der Waals surface area contributed by atoms with Crippen molar-refractivity contribution in [1.82, 2.24) is 5.32 Å². The van der Waals surface area contributed by atoms with E-state index in [1.807, 2.05) is 61.5 Å². The molecule has 0 fully saturated rings. The van der Waals surface area contributed by atoms with Crippen LogP contribution >= 0.6 is 0 Å². The number of methoxy groups -OCH3 is 1. The lowest BCUT2D eigenvalue weighted by Gasteiger charge is -2.20. The molecule has 0 heterocycles. The predicted molar refractivity (Wildman–Crippen MR) is 111 cm³/mol. The van der Waals surface area contributed by atoms with Crippen LogP contribution in [-0.2, 0) is 4.74 Å². The van der Waals surface area contributed by atoms with E-state index < -0.39 is 22.8 Å². The number of esters is 1. The highest BCUT2D eigenvalue weighted by Crippen LogP contribution is 2.24. The molecule has 152 valence electrons. The number of amides is 1. The van der Waals surface area contributed by atoms with E-state index in [9.17, 15) is 19.7 Å². The number of carbonyl (C=O) groups is 2. The Morgan fingerprint density at radius 2 is 1.53 bits per heavy atom. The summed E-state index contributed by atoms with van der Waals surface area (Å²) >= 11 is 0. The Bertz CT molecular complexity index is 1080. The van der Waals surface area contributed by atoms with Crippen LogP contribution in [0.1, 0.15) is 43.4 Å². The summed E-state index contributed by atoms with van der Waals surface area (Å²) in [7, 11) is 1.17. The second-order valence-corrected chi connectivity index (χ2v) is 6.75. The maximum atomic E-state index is 13.0. The van der Waals surface area contributed by atoms with Gasteiger partial charge in [-0.15, -0.1) is 0 Å². The molecule has 0 aliphatic carbocycles. The van der Waals surface area contributed by atoms with E-state index in [2.05, 4.69) is 10.1 Å². The molecule has 3 rings (SSSR count). The molecule has 0 saturated carbocycles. The van der Waals surface area contributed by atoms with E-state index in [1.54, 1.807) is 0 Å². The van der Waals surface area contributed by atoms with Gasteiger partial charge in [-0.3, -0.25) is 14.9 Å². The Kier molecular flexibility index (Phi) is 6.22. The summed E-state index contributed by atoms with van der Waals surface area (Å²) in [6, 6.07) is 20.1. The summed E-state index contributed by atoms with van der Waals surface area (Å²) in [5, 5.41) is 14.2. The van der Waals surface area contributed by atoms with Gasteiger partial charge in [-0.25, -0.2) is 4.79 Å². The average molecular weight is 404 g/mol. The Labute approximate surface area is 173 Å². The van der Waals surface area contributed by atoms with Gasteiger partial charge < -0.3 is 10.1 Å². The molecule has 7 heteroatoms. The molecule has 0 aliphatic rings. The number of benzene rings is 3. The number of nitro benzene ring substituents is 1. The summed E-state index contributed by atoms with van der Waals surface area (Å²) in [5.41, 5.74) is 2.36. The molecule has 3 aromatic carbocycles. The third-order valence-corrected chi connectivity index (χ3v) is 4.63. The fourth-order valence-electron chi connectivity index (χ4n) is 3.06. The molecular formula is C23H20N2O5. The Hall–Kier alpha value is -4.00. The smallest absolute Gasteiger partial charge is 0.338 e. The van der Waals surface area contributed by atoms with Gasteiger partial charge in [0.15, 0.2) is 0 Å². The van der Waals surface area contributed by atoms with Crippen molar-refractivity contribution in [2.45, 2.75) is 13.0 Å². The zero-order chi connectivity index (χ0) is 21.7. The first-order valence-corrected chi connectivity index (χ1v) is 9.19. The minimum Gasteiger partial charge on any atom is -0.465 e. The number of nitrogens with one attached hydrogen (secondary N) is 1. The normalized spacial score (nSPS) is 11.4. The highest BCUT2D eigenvalue weighted by Gasteiger charge is 2.22. The summed E-state index contributed by atoms with van der Waals surface area (Å²) in [5.74, 6) is -1.30. The van der Waals surface area contributed by atoms with Gasteiger partial charge in [-0.1, -0.05) is 60.2 Å². The van der Waals surface area contributed by atoms with Crippen molar-refractivity contribution in [2.75, 3.05) is 7.11 Å². The summed E-state index contributed by atoms with van der Waals surface area (Å²) in [4.78, 5) is 35.5. The van der Waals surface area contributed by atoms with Crippen molar-refractivity contribution in [2.24, 2.45) is 0 Å². The lowest BCUT2D eigenvalue weighted by atomic mass is 9.97. The second kappa shape index (κ2) is 9.00. The van der Waals surface area contributed by atoms with Crippen LogP contribution in [0.25, 0.3) is 0 Å². The minimum atomic E-state index is -0.758. The number of non-ortho nitro benzene ring substituents is 1. The number of aryl methyl sites for hydroxylation is 1. The van der Waals surface area contributed by atoms with Crippen LogP contribution in [0.15, 0.2) is 72.8 Å². The van der Waals surface area contributed by atoms with Crippen LogP contribution in [0.5, 0.6) is 0 Å². The van der Waals surface area contributed by atoms with Crippen LogP contribution in [0.3, 0.4) is 0 Å². The van der Waals surface area contributed by atoms with Crippen LogP contribution in [0.2, 0.25) is 0 Å². The first kappa shape index (κ1) is 20.7. The molecule has 0 radical (unpaired) electrons. The molecule has 0 spiro atoms.